The second-order valence-electron chi connectivity index (χ2n) is 10.1. The highest BCUT2D eigenvalue weighted by Gasteiger charge is 2.22. The van der Waals surface area contributed by atoms with E-state index in [1.165, 1.54) is 10.7 Å². The highest BCUT2D eigenvalue weighted by Crippen LogP contribution is 2.30. The molecule has 4 aromatic rings. The number of benzene rings is 2. The minimum atomic E-state index is -2.64. The molecule has 0 aliphatic carbocycles. The lowest BCUT2D eigenvalue weighted by Gasteiger charge is -2.29. The van der Waals surface area contributed by atoms with Crippen LogP contribution in [-0.2, 0) is 27.2 Å². The fraction of sp³-hybridized carbons (Fsp3) is 0.429. The normalized spacial score (nSPS) is 16.1. The zero-order valence-corrected chi connectivity index (χ0v) is 23.4. The second-order valence-corrected chi connectivity index (χ2v) is 10.5. The molecule has 6 rings (SSSR count). The Kier molecular flexibility index (Phi) is 8.22. The number of amides is 1. The molecule has 2 aromatic heterocycles. The van der Waals surface area contributed by atoms with Crippen LogP contribution in [0.2, 0.25) is 5.02 Å². The Labute approximate surface area is 243 Å². The van der Waals surface area contributed by atoms with Crippen LogP contribution < -0.4 is 15.2 Å². The number of alkyl halides is 2. The summed E-state index contributed by atoms with van der Waals surface area (Å²) in [5, 5.41) is 5.89. The summed E-state index contributed by atoms with van der Waals surface area (Å²) in [5.74, 6) is 0.414. The molecular weight excluding hydrogens is 574 g/mol. The van der Waals surface area contributed by atoms with Gasteiger partial charge in [-0.1, -0.05) is 17.7 Å². The Morgan fingerprint density at radius 2 is 1.79 bits per heavy atom. The number of hydrogen-bond acceptors (Lipinski definition) is 8. The maximum absolute atomic E-state index is 13.7. The van der Waals surface area contributed by atoms with Crippen LogP contribution in [0.15, 0.2) is 35.1 Å². The predicted octanol–water partition coefficient (Wildman–Crippen LogP) is 2.86. The molecule has 2 saturated heterocycles. The summed E-state index contributed by atoms with van der Waals surface area (Å²) >= 11 is 6.24. The fourth-order valence-corrected chi connectivity index (χ4v) is 5.43. The summed E-state index contributed by atoms with van der Waals surface area (Å²) in [7, 11) is 0. The van der Waals surface area contributed by atoms with Crippen LogP contribution >= 0.6 is 11.6 Å². The molecule has 0 atom stereocenters. The van der Waals surface area contributed by atoms with E-state index in [-0.39, 0.29) is 35.2 Å². The van der Waals surface area contributed by atoms with Crippen molar-refractivity contribution in [1.82, 2.24) is 24.6 Å². The Hall–Kier alpha value is -3.81. The first-order chi connectivity index (χ1) is 20.4. The van der Waals surface area contributed by atoms with Gasteiger partial charge in [-0.3, -0.25) is 9.59 Å². The number of carbonyl (C=O) groups is 1. The van der Waals surface area contributed by atoms with Crippen molar-refractivity contribution >= 4 is 45.0 Å². The third-order valence-corrected chi connectivity index (χ3v) is 7.63. The smallest absolute Gasteiger partial charge is 0.275 e. The molecule has 0 unspecified atom stereocenters. The third-order valence-electron chi connectivity index (χ3n) is 7.33. The number of halogens is 3. The van der Waals surface area contributed by atoms with Crippen molar-refractivity contribution < 1.29 is 27.8 Å². The van der Waals surface area contributed by atoms with Gasteiger partial charge >= 0.3 is 0 Å². The van der Waals surface area contributed by atoms with E-state index >= 15 is 0 Å². The molecule has 2 aliphatic rings. The Morgan fingerprint density at radius 1 is 1.05 bits per heavy atom. The second kappa shape index (κ2) is 12.2. The lowest BCUT2D eigenvalue weighted by Crippen LogP contribution is -2.44. The number of aromatic amines is 1. The number of H-pyrrole nitrogens is 1. The van der Waals surface area contributed by atoms with E-state index in [1.807, 2.05) is 18.2 Å². The number of nitrogens with one attached hydrogen (secondary N) is 1. The summed E-state index contributed by atoms with van der Waals surface area (Å²) in [5.41, 5.74) is 2.15. The quantitative estimate of drug-likeness (QED) is 0.328. The standard InChI is InChI=1S/C28H29ClF2N6O5/c29-20-12-22-23(13-24(20)42-16-25(30)31)33-26(32-22)14-21-18-2-1-17(35-3-7-40-8-4-35)11-19(18)28(39)37(34-21)15-27(38)36-5-9-41-10-6-36/h1-2,11-13,25H,3-10,14-16H2,(H,32,33). The predicted molar refractivity (Wildman–Crippen MR) is 152 cm³/mol. The van der Waals surface area contributed by atoms with Gasteiger partial charge in [0.15, 0.2) is 0 Å². The summed E-state index contributed by atoms with van der Waals surface area (Å²) in [6, 6.07) is 8.73. The summed E-state index contributed by atoms with van der Waals surface area (Å²) in [6.45, 7) is 3.44. The molecule has 11 nitrogen and oxygen atoms in total. The number of nitrogens with zero attached hydrogens (tertiary/aromatic N) is 5. The van der Waals surface area contributed by atoms with Gasteiger partial charge in [0.05, 0.1) is 60.0 Å². The van der Waals surface area contributed by atoms with Crippen LogP contribution in [0.4, 0.5) is 14.5 Å². The number of anilines is 1. The van der Waals surface area contributed by atoms with Gasteiger partial charge in [0.1, 0.15) is 24.7 Å². The Morgan fingerprint density at radius 3 is 2.52 bits per heavy atom. The highest BCUT2D eigenvalue weighted by atomic mass is 35.5. The summed E-state index contributed by atoms with van der Waals surface area (Å²) in [6.07, 6.45) is -2.43. The van der Waals surface area contributed by atoms with E-state index in [4.69, 9.17) is 25.8 Å². The molecule has 42 heavy (non-hydrogen) atoms. The number of morpholine rings is 2. The van der Waals surface area contributed by atoms with E-state index < -0.39 is 13.0 Å². The fourth-order valence-electron chi connectivity index (χ4n) is 5.21. The van der Waals surface area contributed by atoms with Crippen LogP contribution in [0, 0.1) is 0 Å². The summed E-state index contributed by atoms with van der Waals surface area (Å²) in [4.78, 5) is 38.4. The minimum absolute atomic E-state index is 0.108. The van der Waals surface area contributed by atoms with Crippen molar-refractivity contribution in [1.29, 1.82) is 0 Å². The molecule has 1 amide bonds. The minimum Gasteiger partial charge on any atom is -0.486 e. The number of carbonyl (C=O) groups excluding carboxylic acids is 1. The van der Waals surface area contributed by atoms with Crippen molar-refractivity contribution in [2.75, 3.05) is 64.1 Å². The highest BCUT2D eigenvalue weighted by molar-refractivity contribution is 6.32. The first-order valence-electron chi connectivity index (χ1n) is 13.7. The van der Waals surface area contributed by atoms with Gasteiger partial charge in [-0.2, -0.15) is 5.10 Å². The molecule has 1 N–H and O–H groups in total. The zero-order valence-electron chi connectivity index (χ0n) is 22.7. The van der Waals surface area contributed by atoms with Crippen LogP contribution in [0.1, 0.15) is 11.5 Å². The molecule has 0 radical (unpaired) electrons. The molecule has 14 heteroatoms. The average Bonchev–Trinajstić information content (AvgIpc) is 3.39. The van der Waals surface area contributed by atoms with Gasteiger partial charge in [-0.15, -0.1) is 0 Å². The van der Waals surface area contributed by atoms with Gasteiger partial charge in [-0.25, -0.2) is 18.4 Å². The number of rotatable bonds is 8. The SMILES string of the molecule is O=C(Cn1nc(Cc2nc3cc(OCC(F)F)c(Cl)cc3[nH]2)c2ccc(N3CCOCC3)cc2c1=O)N1CCOCC1. The van der Waals surface area contributed by atoms with Gasteiger partial charge < -0.3 is 29.0 Å². The molecule has 2 aromatic carbocycles. The average molecular weight is 603 g/mol. The molecule has 0 bridgehead atoms. The van der Waals surface area contributed by atoms with Crippen molar-refractivity contribution in [2.24, 2.45) is 0 Å². The van der Waals surface area contributed by atoms with Gasteiger partial charge in [0, 0.05) is 43.3 Å². The number of hydrogen-bond donors (Lipinski definition) is 1. The zero-order chi connectivity index (χ0) is 29.2. The molecule has 2 fully saturated rings. The maximum atomic E-state index is 13.7. The largest absolute Gasteiger partial charge is 0.486 e. The first-order valence-corrected chi connectivity index (χ1v) is 14.0. The Balaban J connectivity index is 1.37. The van der Waals surface area contributed by atoms with Crippen LogP contribution in [0.3, 0.4) is 0 Å². The lowest BCUT2D eigenvalue weighted by atomic mass is 10.1. The molecular formula is C28H29ClF2N6O5. The van der Waals surface area contributed by atoms with Crippen molar-refractivity contribution in [3.05, 3.63) is 57.2 Å². The topological polar surface area (TPSA) is 115 Å². The van der Waals surface area contributed by atoms with Gasteiger partial charge in [0.25, 0.3) is 12.0 Å². The third kappa shape index (κ3) is 6.03. The van der Waals surface area contributed by atoms with Crippen molar-refractivity contribution in [3.63, 3.8) is 0 Å². The summed E-state index contributed by atoms with van der Waals surface area (Å²) < 4.78 is 42.5. The van der Waals surface area contributed by atoms with Crippen LogP contribution in [0.5, 0.6) is 5.75 Å². The van der Waals surface area contributed by atoms with Gasteiger partial charge in [-0.05, 0) is 18.2 Å². The molecule has 2 aliphatic heterocycles. The van der Waals surface area contributed by atoms with Crippen molar-refractivity contribution in [3.8, 4) is 5.75 Å². The first kappa shape index (κ1) is 28.3. The molecule has 0 saturated carbocycles. The van der Waals surface area contributed by atoms with Gasteiger partial charge in [0.2, 0.25) is 5.91 Å². The van der Waals surface area contributed by atoms with E-state index in [2.05, 4.69) is 20.0 Å². The van der Waals surface area contributed by atoms with E-state index in [1.54, 1.807) is 11.0 Å². The van der Waals surface area contributed by atoms with E-state index in [9.17, 15) is 18.4 Å². The monoisotopic (exact) mass is 602 g/mol. The molecule has 4 heterocycles. The number of imidazole rings is 1. The number of fused-ring (bicyclic) bond motifs is 2. The van der Waals surface area contributed by atoms with Crippen LogP contribution in [-0.4, -0.2) is 96.2 Å². The Bertz CT molecular complexity index is 1670. The molecule has 0 spiro atoms. The number of ether oxygens (including phenoxy) is 3. The van der Waals surface area contributed by atoms with E-state index in [0.717, 1.165) is 5.69 Å². The number of aromatic nitrogens is 4. The van der Waals surface area contributed by atoms with Crippen LogP contribution in [0.25, 0.3) is 21.8 Å². The maximum Gasteiger partial charge on any atom is 0.275 e. The molecule has 222 valence electrons. The van der Waals surface area contributed by atoms with Crippen molar-refractivity contribution in [2.45, 2.75) is 19.4 Å². The van der Waals surface area contributed by atoms with E-state index in [0.29, 0.717) is 85.9 Å². The lowest BCUT2D eigenvalue weighted by molar-refractivity contribution is -0.136.